The SMILES string of the molecule is O=[N+]([O-])C(Cc1ccccc1)NC(=S)Nc1nccs1. The van der Waals surface area contributed by atoms with E-state index < -0.39 is 6.17 Å². The van der Waals surface area contributed by atoms with Crippen molar-refractivity contribution >= 4 is 33.8 Å². The zero-order chi connectivity index (χ0) is 14.4. The van der Waals surface area contributed by atoms with E-state index in [1.165, 1.54) is 11.3 Å². The summed E-state index contributed by atoms with van der Waals surface area (Å²) in [5.41, 5.74) is 0.874. The van der Waals surface area contributed by atoms with Gasteiger partial charge < -0.3 is 10.6 Å². The average Bonchev–Trinajstić information content (AvgIpc) is 2.92. The molecule has 0 fully saturated rings. The zero-order valence-electron chi connectivity index (χ0n) is 10.4. The van der Waals surface area contributed by atoms with Crippen LogP contribution < -0.4 is 10.6 Å². The van der Waals surface area contributed by atoms with Crippen LogP contribution in [0.4, 0.5) is 5.13 Å². The van der Waals surface area contributed by atoms with Crippen LogP contribution in [0, 0.1) is 10.1 Å². The molecule has 0 aliphatic rings. The highest BCUT2D eigenvalue weighted by Gasteiger charge is 2.21. The minimum Gasteiger partial charge on any atom is -0.309 e. The van der Waals surface area contributed by atoms with Gasteiger partial charge in [-0.25, -0.2) is 4.98 Å². The second-order valence-electron chi connectivity index (χ2n) is 3.93. The average molecular weight is 308 g/mol. The molecule has 1 heterocycles. The smallest absolute Gasteiger partial charge is 0.290 e. The molecule has 2 rings (SSSR count). The van der Waals surface area contributed by atoms with Gasteiger partial charge in [-0.2, -0.15) is 0 Å². The number of nitrogens with one attached hydrogen (secondary N) is 2. The molecule has 8 heteroatoms. The van der Waals surface area contributed by atoms with Crippen molar-refractivity contribution in [3.05, 3.63) is 57.6 Å². The number of nitrogens with zero attached hydrogens (tertiary/aromatic N) is 2. The van der Waals surface area contributed by atoms with E-state index in [9.17, 15) is 10.1 Å². The van der Waals surface area contributed by atoms with Crippen LogP contribution in [0.25, 0.3) is 0 Å². The van der Waals surface area contributed by atoms with E-state index in [4.69, 9.17) is 12.2 Å². The Hall–Kier alpha value is -2.06. The van der Waals surface area contributed by atoms with Crippen molar-refractivity contribution in [2.75, 3.05) is 5.32 Å². The maximum absolute atomic E-state index is 11.1. The van der Waals surface area contributed by atoms with E-state index in [-0.39, 0.29) is 16.5 Å². The largest absolute Gasteiger partial charge is 0.309 e. The zero-order valence-corrected chi connectivity index (χ0v) is 12.0. The van der Waals surface area contributed by atoms with Gasteiger partial charge in [0.15, 0.2) is 10.2 Å². The quantitative estimate of drug-likeness (QED) is 0.382. The highest BCUT2D eigenvalue weighted by Crippen LogP contribution is 2.10. The summed E-state index contributed by atoms with van der Waals surface area (Å²) in [6.45, 7) is 0. The lowest BCUT2D eigenvalue weighted by molar-refractivity contribution is -0.525. The number of nitro groups is 1. The van der Waals surface area contributed by atoms with Crippen molar-refractivity contribution in [2.45, 2.75) is 12.6 Å². The number of thiazole rings is 1. The lowest BCUT2D eigenvalue weighted by Gasteiger charge is -2.13. The molecule has 104 valence electrons. The van der Waals surface area contributed by atoms with Gasteiger partial charge in [-0.05, 0) is 17.8 Å². The van der Waals surface area contributed by atoms with Gasteiger partial charge in [-0.1, -0.05) is 30.3 Å². The molecule has 2 N–H and O–H groups in total. The maximum atomic E-state index is 11.1. The van der Waals surface area contributed by atoms with Gasteiger partial charge in [-0.15, -0.1) is 11.3 Å². The first-order valence-electron chi connectivity index (χ1n) is 5.79. The first-order valence-corrected chi connectivity index (χ1v) is 7.08. The Kier molecular flexibility index (Phi) is 4.97. The Morgan fingerprint density at radius 1 is 1.45 bits per heavy atom. The highest BCUT2D eigenvalue weighted by molar-refractivity contribution is 7.80. The molecule has 2 aromatic rings. The standard InChI is InChI=1S/C12H12N4O2S2/c17-16(18)10(8-9-4-2-1-3-5-9)14-11(19)15-12-13-6-7-20-12/h1-7,10H,8H2,(H2,13,14,15,19). The molecule has 1 aromatic carbocycles. The van der Waals surface area contributed by atoms with E-state index >= 15 is 0 Å². The van der Waals surface area contributed by atoms with Gasteiger partial charge in [0.2, 0.25) is 0 Å². The molecule has 0 bridgehead atoms. The lowest BCUT2D eigenvalue weighted by Crippen LogP contribution is -2.44. The van der Waals surface area contributed by atoms with Crippen LogP contribution in [0.5, 0.6) is 0 Å². The minimum absolute atomic E-state index is 0.192. The van der Waals surface area contributed by atoms with Crippen LogP contribution in [-0.2, 0) is 6.42 Å². The van der Waals surface area contributed by atoms with Crippen molar-refractivity contribution in [1.82, 2.24) is 10.3 Å². The number of aromatic nitrogens is 1. The number of hydrogen-bond donors (Lipinski definition) is 2. The molecule has 20 heavy (non-hydrogen) atoms. The summed E-state index contributed by atoms with van der Waals surface area (Å²) in [4.78, 5) is 14.7. The van der Waals surface area contributed by atoms with Crippen molar-refractivity contribution < 1.29 is 4.92 Å². The van der Waals surface area contributed by atoms with Gasteiger partial charge in [0.05, 0.1) is 6.42 Å². The summed E-state index contributed by atoms with van der Waals surface area (Å²) in [5.74, 6) is 0. The summed E-state index contributed by atoms with van der Waals surface area (Å²) < 4.78 is 0. The van der Waals surface area contributed by atoms with Crippen LogP contribution >= 0.6 is 23.6 Å². The Morgan fingerprint density at radius 2 is 2.20 bits per heavy atom. The Balaban J connectivity index is 1.95. The molecule has 0 aliphatic carbocycles. The van der Waals surface area contributed by atoms with Gasteiger partial charge in [0.25, 0.3) is 6.17 Å². The van der Waals surface area contributed by atoms with Crippen molar-refractivity contribution in [3.8, 4) is 0 Å². The molecule has 0 saturated heterocycles. The highest BCUT2D eigenvalue weighted by atomic mass is 32.1. The third kappa shape index (κ3) is 4.25. The van der Waals surface area contributed by atoms with Crippen LogP contribution in [0.15, 0.2) is 41.9 Å². The van der Waals surface area contributed by atoms with Gasteiger partial charge >= 0.3 is 0 Å². The van der Waals surface area contributed by atoms with E-state index in [1.54, 1.807) is 11.6 Å². The number of anilines is 1. The Labute approximate surface area is 125 Å². The predicted octanol–water partition coefficient (Wildman–Crippen LogP) is 2.28. The third-order valence-electron chi connectivity index (χ3n) is 2.48. The fourth-order valence-electron chi connectivity index (χ4n) is 1.59. The monoisotopic (exact) mass is 308 g/mol. The topological polar surface area (TPSA) is 80.1 Å². The first-order chi connectivity index (χ1) is 9.65. The number of thiocarbonyl (C=S) groups is 1. The predicted molar refractivity (Wildman–Crippen MR) is 82.4 cm³/mol. The summed E-state index contributed by atoms with van der Waals surface area (Å²) in [6, 6.07) is 9.24. The molecule has 0 spiro atoms. The first kappa shape index (κ1) is 14.4. The molecule has 6 nitrogen and oxygen atoms in total. The maximum Gasteiger partial charge on any atom is 0.290 e. The van der Waals surface area contributed by atoms with Gasteiger partial charge in [0, 0.05) is 16.5 Å². The van der Waals surface area contributed by atoms with Crippen molar-refractivity contribution in [3.63, 3.8) is 0 Å². The summed E-state index contributed by atoms with van der Waals surface area (Å²) in [5, 5.41) is 19.2. The molecule has 1 aromatic heterocycles. The molecular weight excluding hydrogens is 296 g/mol. The molecular formula is C12H12N4O2S2. The van der Waals surface area contributed by atoms with Crippen LogP contribution in [0.3, 0.4) is 0 Å². The van der Waals surface area contributed by atoms with Crippen LogP contribution in [0.1, 0.15) is 5.56 Å². The second-order valence-corrected chi connectivity index (χ2v) is 5.23. The number of benzene rings is 1. The van der Waals surface area contributed by atoms with E-state index in [2.05, 4.69) is 15.6 Å². The fourth-order valence-corrected chi connectivity index (χ4v) is 2.42. The van der Waals surface area contributed by atoms with Crippen LogP contribution in [-0.4, -0.2) is 21.2 Å². The normalized spacial score (nSPS) is 11.6. The molecule has 1 unspecified atom stereocenters. The van der Waals surface area contributed by atoms with Gasteiger partial charge in [-0.3, -0.25) is 10.1 Å². The van der Waals surface area contributed by atoms with Crippen LogP contribution in [0.2, 0.25) is 0 Å². The van der Waals surface area contributed by atoms with E-state index in [0.29, 0.717) is 5.13 Å². The minimum atomic E-state index is -0.975. The van der Waals surface area contributed by atoms with Crippen molar-refractivity contribution in [2.24, 2.45) is 0 Å². The van der Waals surface area contributed by atoms with Crippen molar-refractivity contribution in [1.29, 1.82) is 0 Å². The number of hydrogen-bond acceptors (Lipinski definition) is 5. The fraction of sp³-hybridized carbons (Fsp3) is 0.167. The molecule has 0 amide bonds. The third-order valence-corrected chi connectivity index (χ3v) is 3.39. The molecule has 0 radical (unpaired) electrons. The van der Waals surface area contributed by atoms with Gasteiger partial charge in [0.1, 0.15) is 0 Å². The second kappa shape index (κ2) is 6.92. The summed E-state index contributed by atoms with van der Waals surface area (Å²) in [7, 11) is 0. The summed E-state index contributed by atoms with van der Waals surface area (Å²) in [6.07, 6.45) is 0.912. The summed E-state index contributed by atoms with van der Waals surface area (Å²) >= 11 is 6.42. The number of rotatable bonds is 5. The lowest BCUT2D eigenvalue weighted by atomic mass is 10.1. The molecule has 0 aliphatic heterocycles. The Morgan fingerprint density at radius 3 is 2.80 bits per heavy atom. The molecule has 0 saturated carbocycles. The molecule has 1 atom stereocenters. The van der Waals surface area contributed by atoms with E-state index in [1.807, 2.05) is 30.3 Å². The Bertz CT molecular complexity index is 574. The van der Waals surface area contributed by atoms with E-state index in [0.717, 1.165) is 5.56 Å².